The van der Waals surface area contributed by atoms with Crippen LogP contribution in [-0.2, 0) is 11.2 Å². The predicted molar refractivity (Wildman–Crippen MR) is 99.6 cm³/mol. The predicted octanol–water partition coefficient (Wildman–Crippen LogP) is 4.10. The lowest BCUT2D eigenvalue weighted by atomic mass is 9.90. The topological polar surface area (TPSA) is 23.6 Å². The van der Waals surface area contributed by atoms with Crippen LogP contribution < -0.4 is 0 Å². The number of nitrogens with zero attached hydrogens (tertiary/aromatic N) is 2. The lowest BCUT2D eigenvalue weighted by molar-refractivity contribution is -0.132. The van der Waals surface area contributed by atoms with Crippen molar-refractivity contribution in [2.45, 2.75) is 57.0 Å². The van der Waals surface area contributed by atoms with Crippen molar-refractivity contribution in [1.82, 2.24) is 9.80 Å². The first-order valence-corrected chi connectivity index (χ1v) is 9.45. The lowest BCUT2D eigenvalue weighted by Gasteiger charge is -2.39. The Hall–Kier alpha value is -0.870. The van der Waals surface area contributed by atoms with E-state index >= 15 is 0 Å². The summed E-state index contributed by atoms with van der Waals surface area (Å²) in [5, 5.41) is 0. The number of benzene rings is 1. The van der Waals surface area contributed by atoms with E-state index in [1.807, 2.05) is 36.2 Å². The van der Waals surface area contributed by atoms with Gasteiger partial charge in [0.05, 0.1) is 6.42 Å². The first kappa shape index (κ1) is 18.5. The van der Waals surface area contributed by atoms with Gasteiger partial charge < -0.3 is 9.80 Å². The second-order valence-corrected chi connectivity index (χ2v) is 7.81. The van der Waals surface area contributed by atoms with E-state index in [4.69, 9.17) is 0 Å². The average molecular weight is 381 g/mol. The molecule has 3 nitrogen and oxygen atoms in total. The van der Waals surface area contributed by atoms with Crippen molar-refractivity contribution in [2.24, 2.45) is 0 Å². The molecule has 1 aromatic carbocycles. The molecular weight excluding hydrogens is 352 g/mol. The average Bonchev–Trinajstić information content (AvgIpc) is 2.48. The molecule has 1 saturated carbocycles. The Bertz CT molecular complexity index is 501. The Kier molecular flexibility index (Phi) is 7.09. The van der Waals surface area contributed by atoms with Crippen molar-refractivity contribution >= 4 is 21.8 Å². The smallest absolute Gasteiger partial charge is 0.227 e. The summed E-state index contributed by atoms with van der Waals surface area (Å²) in [7, 11) is 6.28. The van der Waals surface area contributed by atoms with Crippen LogP contribution in [-0.4, -0.2) is 48.9 Å². The molecule has 0 radical (unpaired) electrons. The van der Waals surface area contributed by atoms with E-state index in [0.717, 1.165) is 16.5 Å². The van der Waals surface area contributed by atoms with E-state index in [-0.39, 0.29) is 5.91 Å². The fourth-order valence-electron chi connectivity index (χ4n) is 3.59. The number of carbonyl (C=O) groups is 1. The van der Waals surface area contributed by atoms with Gasteiger partial charge in [0.1, 0.15) is 0 Å². The first-order chi connectivity index (χ1) is 11.0. The highest BCUT2D eigenvalue weighted by Crippen LogP contribution is 2.24. The Morgan fingerprint density at radius 2 is 1.57 bits per heavy atom. The van der Waals surface area contributed by atoms with Gasteiger partial charge >= 0.3 is 0 Å². The third-order valence-electron chi connectivity index (χ3n) is 5.02. The molecule has 2 atom stereocenters. The summed E-state index contributed by atoms with van der Waals surface area (Å²) >= 11 is 3.44. The van der Waals surface area contributed by atoms with Crippen LogP contribution in [0, 0.1) is 0 Å². The molecule has 0 aromatic heterocycles. The second-order valence-electron chi connectivity index (χ2n) is 6.90. The fraction of sp³-hybridized carbons (Fsp3) is 0.632. The molecule has 0 N–H and O–H groups in total. The Morgan fingerprint density at radius 1 is 1.00 bits per heavy atom. The van der Waals surface area contributed by atoms with Crippen molar-refractivity contribution in [3.63, 3.8) is 0 Å². The molecule has 1 fully saturated rings. The van der Waals surface area contributed by atoms with Gasteiger partial charge in [0, 0.05) is 23.6 Å². The normalized spacial score (nSPS) is 22.5. The van der Waals surface area contributed by atoms with Crippen molar-refractivity contribution in [3.05, 3.63) is 34.3 Å². The van der Waals surface area contributed by atoms with Crippen LogP contribution in [0.3, 0.4) is 0 Å². The van der Waals surface area contributed by atoms with E-state index in [9.17, 15) is 4.79 Å². The van der Waals surface area contributed by atoms with Crippen LogP contribution in [0.1, 0.15) is 44.1 Å². The molecule has 1 aliphatic rings. The van der Waals surface area contributed by atoms with Crippen LogP contribution >= 0.6 is 15.9 Å². The maximum atomic E-state index is 12.8. The number of carbonyl (C=O) groups excluding carboxylic acids is 1. The molecule has 2 rings (SSSR count). The van der Waals surface area contributed by atoms with Crippen LogP contribution in [0.25, 0.3) is 0 Å². The highest BCUT2D eigenvalue weighted by molar-refractivity contribution is 9.10. The number of hydrogen-bond acceptors (Lipinski definition) is 2. The molecule has 0 aliphatic heterocycles. The van der Waals surface area contributed by atoms with Crippen molar-refractivity contribution in [2.75, 3.05) is 21.1 Å². The minimum atomic E-state index is 0.227. The van der Waals surface area contributed by atoms with Gasteiger partial charge in [0.2, 0.25) is 5.91 Å². The SMILES string of the molecule is CN(C)C1CCCCCCC1N(C)C(=O)Cc1ccc(Br)cc1. The van der Waals surface area contributed by atoms with Gasteiger partial charge in [-0.1, -0.05) is 53.7 Å². The zero-order chi connectivity index (χ0) is 16.8. The number of hydrogen-bond donors (Lipinski definition) is 0. The third kappa shape index (κ3) is 5.32. The van der Waals surface area contributed by atoms with Crippen LogP contribution in [0.2, 0.25) is 0 Å². The number of likely N-dealkylation sites (N-methyl/N-ethyl adjacent to an activating group) is 2. The van der Waals surface area contributed by atoms with Gasteiger partial charge in [-0.15, -0.1) is 0 Å². The molecule has 1 amide bonds. The van der Waals surface area contributed by atoms with Gasteiger partial charge in [0.25, 0.3) is 0 Å². The summed E-state index contributed by atoms with van der Waals surface area (Å²) in [6.07, 6.45) is 7.91. The second kappa shape index (κ2) is 8.84. The van der Waals surface area contributed by atoms with Gasteiger partial charge in [-0.25, -0.2) is 0 Å². The molecule has 1 aromatic rings. The summed E-state index contributed by atoms with van der Waals surface area (Å²) in [6, 6.07) is 8.85. The van der Waals surface area contributed by atoms with E-state index in [1.165, 1.54) is 32.1 Å². The maximum Gasteiger partial charge on any atom is 0.227 e. The van der Waals surface area contributed by atoms with Crippen LogP contribution in [0.15, 0.2) is 28.7 Å². The Labute approximate surface area is 149 Å². The molecule has 0 spiro atoms. The molecule has 0 bridgehead atoms. The third-order valence-corrected chi connectivity index (χ3v) is 5.55. The number of amides is 1. The minimum absolute atomic E-state index is 0.227. The Morgan fingerprint density at radius 3 is 2.13 bits per heavy atom. The molecule has 23 heavy (non-hydrogen) atoms. The summed E-state index contributed by atoms with van der Waals surface area (Å²) in [5.41, 5.74) is 1.08. The van der Waals surface area contributed by atoms with Crippen molar-refractivity contribution in [3.8, 4) is 0 Å². The fourth-order valence-corrected chi connectivity index (χ4v) is 3.85. The van der Waals surface area contributed by atoms with E-state index < -0.39 is 0 Å². The molecule has 1 aliphatic carbocycles. The number of rotatable bonds is 4. The Balaban J connectivity index is 2.06. The minimum Gasteiger partial charge on any atom is -0.341 e. The quantitative estimate of drug-likeness (QED) is 0.784. The lowest BCUT2D eigenvalue weighted by Crippen LogP contribution is -2.51. The summed E-state index contributed by atoms with van der Waals surface area (Å²) in [4.78, 5) is 17.1. The zero-order valence-electron chi connectivity index (χ0n) is 14.6. The number of halogens is 1. The van der Waals surface area contributed by atoms with Crippen molar-refractivity contribution < 1.29 is 4.79 Å². The van der Waals surface area contributed by atoms with Crippen LogP contribution in [0.5, 0.6) is 0 Å². The monoisotopic (exact) mass is 380 g/mol. The summed E-state index contributed by atoms with van der Waals surface area (Å²) in [5.74, 6) is 0.227. The van der Waals surface area contributed by atoms with Gasteiger partial charge in [-0.3, -0.25) is 4.79 Å². The van der Waals surface area contributed by atoms with E-state index in [2.05, 4.69) is 34.9 Å². The molecule has 2 unspecified atom stereocenters. The van der Waals surface area contributed by atoms with Gasteiger partial charge in [-0.2, -0.15) is 0 Å². The standard InChI is InChI=1S/C19H29BrN2O/c1-21(2)17-8-6-4-5-7-9-18(17)22(3)19(23)14-15-10-12-16(20)13-11-15/h10-13,17-18H,4-9,14H2,1-3H3. The highest BCUT2D eigenvalue weighted by Gasteiger charge is 2.30. The summed E-state index contributed by atoms with van der Waals surface area (Å²) < 4.78 is 1.05. The maximum absolute atomic E-state index is 12.8. The molecular formula is C19H29BrN2O. The molecule has 0 saturated heterocycles. The molecule has 4 heteroatoms. The highest BCUT2D eigenvalue weighted by atomic mass is 79.9. The first-order valence-electron chi connectivity index (χ1n) is 8.65. The van der Waals surface area contributed by atoms with Gasteiger partial charge in [0.15, 0.2) is 0 Å². The summed E-state index contributed by atoms with van der Waals surface area (Å²) in [6.45, 7) is 0. The molecule has 128 valence electrons. The van der Waals surface area contributed by atoms with E-state index in [0.29, 0.717) is 18.5 Å². The van der Waals surface area contributed by atoms with Crippen LogP contribution in [0.4, 0.5) is 0 Å². The van der Waals surface area contributed by atoms with E-state index in [1.54, 1.807) is 0 Å². The largest absolute Gasteiger partial charge is 0.341 e. The van der Waals surface area contributed by atoms with Crippen molar-refractivity contribution in [1.29, 1.82) is 0 Å². The molecule has 0 heterocycles. The van der Waals surface area contributed by atoms with Gasteiger partial charge in [-0.05, 0) is 44.6 Å². The zero-order valence-corrected chi connectivity index (χ0v) is 16.2.